The summed E-state index contributed by atoms with van der Waals surface area (Å²) in [7, 11) is 0. The van der Waals surface area contributed by atoms with Gasteiger partial charge in [-0.1, -0.05) is 24.2 Å². The molecule has 0 bridgehead atoms. The van der Waals surface area contributed by atoms with Crippen LogP contribution in [-0.2, 0) is 11.2 Å². The van der Waals surface area contributed by atoms with Crippen LogP contribution in [-0.4, -0.2) is 29.2 Å². The van der Waals surface area contributed by atoms with Crippen LogP contribution in [0.1, 0.15) is 59.9 Å². The smallest absolute Gasteiger partial charge is 0.391 e. The molecule has 11 heteroatoms. The molecular formula is C28H31F3N4O4. The molecule has 0 aliphatic heterocycles. The average molecular weight is 545 g/mol. The fourth-order valence-corrected chi connectivity index (χ4v) is 5.24. The summed E-state index contributed by atoms with van der Waals surface area (Å²) in [4.78, 5) is 26.4. The predicted molar refractivity (Wildman–Crippen MR) is 138 cm³/mol. The van der Waals surface area contributed by atoms with Crippen molar-refractivity contribution in [1.82, 2.24) is 10.5 Å². The Balaban J connectivity index is 1.54. The third-order valence-electron chi connectivity index (χ3n) is 7.49. The van der Waals surface area contributed by atoms with Crippen LogP contribution in [0.25, 0.3) is 11.1 Å². The zero-order valence-corrected chi connectivity index (χ0v) is 22.0. The van der Waals surface area contributed by atoms with Gasteiger partial charge in [-0.25, -0.2) is 0 Å². The number of hydrogen-bond acceptors (Lipinski definition) is 5. The van der Waals surface area contributed by atoms with E-state index < -0.39 is 35.9 Å². The lowest BCUT2D eigenvalue weighted by Crippen LogP contribution is -2.50. The minimum atomic E-state index is -4.28. The standard InChI is InChI=1S/C28H31F3N4O4/c1-4-23-22(15-39-34-23)26(36)33-25(19-5-9-20(10-6-19)28(29,30)31)27(37)32-21-11-7-18(8-12-21)24-16(2)13-14-35(38)17(24)3/h7-8,11-15,19-20,25H,4-6,9-10H2,1-3H3,(H,32,37)(H,33,36)/t19?,20?,25-/m0/s1. The van der Waals surface area contributed by atoms with Gasteiger partial charge in [0.1, 0.15) is 17.9 Å². The van der Waals surface area contributed by atoms with Crippen LogP contribution in [0.3, 0.4) is 0 Å². The molecule has 0 saturated heterocycles. The van der Waals surface area contributed by atoms with Gasteiger partial charge in [-0.3, -0.25) is 9.59 Å². The summed E-state index contributed by atoms with van der Waals surface area (Å²) < 4.78 is 45.4. The third-order valence-corrected chi connectivity index (χ3v) is 7.49. The van der Waals surface area contributed by atoms with Crippen molar-refractivity contribution < 1.29 is 32.0 Å². The monoisotopic (exact) mass is 544 g/mol. The molecule has 1 aromatic carbocycles. The summed E-state index contributed by atoms with van der Waals surface area (Å²) in [6.45, 7) is 5.43. The Hall–Kier alpha value is -3.89. The first-order valence-electron chi connectivity index (χ1n) is 12.9. The fraction of sp³-hybridized carbons (Fsp3) is 0.429. The Kier molecular flexibility index (Phi) is 8.27. The predicted octanol–water partition coefficient (Wildman–Crippen LogP) is 5.26. The fourth-order valence-electron chi connectivity index (χ4n) is 5.24. The minimum absolute atomic E-state index is 0.106. The van der Waals surface area contributed by atoms with Crippen LogP contribution in [0.2, 0.25) is 0 Å². The van der Waals surface area contributed by atoms with E-state index in [2.05, 4.69) is 15.8 Å². The quantitative estimate of drug-likeness (QED) is 0.311. The third kappa shape index (κ3) is 6.23. The highest BCUT2D eigenvalue weighted by Crippen LogP contribution is 2.40. The summed E-state index contributed by atoms with van der Waals surface area (Å²) in [5, 5.41) is 21.4. The van der Waals surface area contributed by atoms with E-state index in [4.69, 9.17) is 4.52 Å². The number of anilines is 1. The molecule has 2 N–H and O–H groups in total. The van der Waals surface area contributed by atoms with Crippen molar-refractivity contribution in [3.05, 3.63) is 70.5 Å². The highest BCUT2D eigenvalue weighted by atomic mass is 19.4. The lowest BCUT2D eigenvalue weighted by atomic mass is 9.77. The molecule has 4 rings (SSSR count). The first-order valence-corrected chi connectivity index (χ1v) is 12.9. The second kappa shape index (κ2) is 11.5. The number of pyridine rings is 1. The molecule has 1 fully saturated rings. The van der Waals surface area contributed by atoms with Gasteiger partial charge in [-0.2, -0.15) is 17.9 Å². The van der Waals surface area contributed by atoms with Gasteiger partial charge >= 0.3 is 6.18 Å². The Bertz CT molecular complexity index is 1330. The van der Waals surface area contributed by atoms with Crippen LogP contribution < -0.4 is 15.4 Å². The van der Waals surface area contributed by atoms with Crippen molar-refractivity contribution in [2.45, 2.75) is 65.1 Å². The van der Waals surface area contributed by atoms with E-state index >= 15 is 0 Å². The summed E-state index contributed by atoms with van der Waals surface area (Å²) in [6.07, 6.45) is -1.12. The maximum Gasteiger partial charge on any atom is 0.391 e. The Labute approximate surface area is 224 Å². The van der Waals surface area contributed by atoms with Crippen LogP contribution >= 0.6 is 0 Å². The molecule has 0 radical (unpaired) electrons. The largest absolute Gasteiger partial charge is 0.618 e. The van der Waals surface area contributed by atoms with Gasteiger partial charge in [-0.15, -0.1) is 0 Å². The van der Waals surface area contributed by atoms with E-state index in [0.29, 0.717) is 23.5 Å². The molecule has 1 saturated carbocycles. The first kappa shape index (κ1) is 28.1. The van der Waals surface area contributed by atoms with Gasteiger partial charge in [0.25, 0.3) is 5.91 Å². The molecule has 8 nitrogen and oxygen atoms in total. The maximum absolute atomic E-state index is 13.4. The molecule has 208 valence electrons. The SMILES string of the molecule is CCc1nocc1C(=O)N[C@H](C(=O)Nc1ccc(-c2c(C)cc[n+]([O-])c2C)cc1)C1CCC(C(F)(F)F)CC1. The zero-order chi connectivity index (χ0) is 28.3. The molecule has 2 amide bonds. The Morgan fingerprint density at radius 3 is 2.41 bits per heavy atom. The number of aromatic nitrogens is 2. The van der Waals surface area contributed by atoms with E-state index in [9.17, 15) is 28.0 Å². The van der Waals surface area contributed by atoms with Crippen molar-refractivity contribution in [2.75, 3.05) is 5.32 Å². The number of nitrogens with zero attached hydrogens (tertiary/aromatic N) is 2. The van der Waals surface area contributed by atoms with Crippen molar-refractivity contribution in [3.63, 3.8) is 0 Å². The summed E-state index contributed by atoms with van der Waals surface area (Å²) in [5.74, 6) is -2.98. The van der Waals surface area contributed by atoms with Crippen LogP contribution in [0, 0.1) is 30.9 Å². The Morgan fingerprint density at radius 2 is 1.79 bits per heavy atom. The van der Waals surface area contributed by atoms with Gasteiger partial charge in [-0.05, 0) is 68.2 Å². The normalized spacial score (nSPS) is 18.4. The van der Waals surface area contributed by atoms with Crippen LogP contribution in [0.15, 0.2) is 47.3 Å². The molecular weight excluding hydrogens is 513 g/mol. The molecule has 2 heterocycles. The molecule has 2 aromatic heterocycles. The molecule has 0 spiro atoms. The second-order valence-electron chi connectivity index (χ2n) is 9.98. The first-order chi connectivity index (χ1) is 18.5. The molecule has 1 atom stereocenters. The number of nitrogens with one attached hydrogen (secondary N) is 2. The number of carbonyl (C=O) groups is 2. The van der Waals surface area contributed by atoms with Crippen molar-refractivity contribution in [2.24, 2.45) is 11.8 Å². The number of halogens is 3. The number of benzene rings is 1. The van der Waals surface area contributed by atoms with E-state index in [1.165, 1.54) is 12.5 Å². The number of aryl methyl sites for hydroxylation is 2. The zero-order valence-electron chi connectivity index (χ0n) is 22.0. The Morgan fingerprint density at radius 1 is 1.13 bits per heavy atom. The topological polar surface area (TPSA) is 111 Å². The van der Waals surface area contributed by atoms with Crippen LogP contribution in [0.5, 0.6) is 0 Å². The summed E-state index contributed by atoms with van der Waals surface area (Å²) in [6, 6.07) is 7.59. The van der Waals surface area contributed by atoms with E-state index in [1.807, 2.05) is 6.92 Å². The van der Waals surface area contributed by atoms with Crippen molar-refractivity contribution >= 4 is 17.5 Å². The number of alkyl halides is 3. The number of hydrogen-bond donors (Lipinski definition) is 2. The van der Waals surface area contributed by atoms with Gasteiger partial charge in [0.05, 0.1) is 17.2 Å². The van der Waals surface area contributed by atoms with Gasteiger partial charge in [0.2, 0.25) is 5.91 Å². The lowest BCUT2D eigenvalue weighted by molar-refractivity contribution is -0.611. The lowest BCUT2D eigenvalue weighted by Gasteiger charge is -2.34. The minimum Gasteiger partial charge on any atom is -0.618 e. The number of rotatable bonds is 7. The van der Waals surface area contributed by atoms with Gasteiger partial charge in [0.15, 0.2) is 11.9 Å². The molecule has 0 unspecified atom stereocenters. The second-order valence-corrected chi connectivity index (χ2v) is 9.98. The highest BCUT2D eigenvalue weighted by Gasteiger charge is 2.44. The van der Waals surface area contributed by atoms with E-state index in [1.54, 1.807) is 44.2 Å². The van der Waals surface area contributed by atoms with Gasteiger partial charge in [0, 0.05) is 18.7 Å². The molecule has 39 heavy (non-hydrogen) atoms. The van der Waals surface area contributed by atoms with E-state index in [0.717, 1.165) is 21.4 Å². The maximum atomic E-state index is 13.4. The van der Waals surface area contributed by atoms with Crippen molar-refractivity contribution in [3.8, 4) is 11.1 Å². The molecule has 1 aliphatic rings. The number of amides is 2. The number of carbonyl (C=O) groups excluding carboxylic acids is 2. The van der Waals surface area contributed by atoms with Crippen LogP contribution in [0.4, 0.5) is 18.9 Å². The molecule has 3 aromatic rings. The average Bonchev–Trinajstić information content (AvgIpc) is 3.39. The highest BCUT2D eigenvalue weighted by molar-refractivity contribution is 6.01. The summed E-state index contributed by atoms with van der Waals surface area (Å²) >= 11 is 0. The summed E-state index contributed by atoms with van der Waals surface area (Å²) in [5.41, 5.74) is 4.12. The van der Waals surface area contributed by atoms with E-state index in [-0.39, 0.29) is 31.2 Å². The van der Waals surface area contributed by atoms with Gasteiger partial charge < -0.3 is 20.4 Å². The van der Waals surface area contributed by atoms with Crippen molar-refractivity contribution in [1.29, 1.82) is 0 Å². The molecule has 1 aliphatic carbocycles.